The second kappa shape index (κ2) is 7.29. The van der Waals surface area contributed by atoms with Gasteiger partial charge in [0.05, 0.1) is 12.5 Å². The molecule has 128 valence electrons. The van der Waals surface area contributed by atoms with Gasteiger partial charge in [-0.3, -0.25) is 4.79 Å². The monoisotopic (exact) mass is 407 g/mol. The van der Waals surface area contributed by atoms with Crippen LogP contribution >= 0.6 is 15.9 Å². The lowest BCUT2D eigenvalue weighted by Crippen LogP contribution is -2.29. The van der Waals surface area contributed by atoms with Crippen molar-refractivity contribution in [3.63, 3.8) is 0 Å². The molecule has 1 atom stereocenters. The minimum absolute atomic E-state index is 0.508. The number of hydrogen-bond acceptors (Lipinski definition) is 1. The molecule has 2 aromatic carbocycles. The zero-order chi connectivity index (χ0) is 18.0. The maximum Gasteiger partial charge on any atom is 0.225 e. The van der Waals surface area contributed by atoms with Gasteiger partial charge in [0.2, 0.25) is 11.7 Å². The highest BCUT2D eigenvalue weighted by atomic mass is 79.9. The van der Waals surface area contributed by atoms with Crippen LogP contribution in [-0.2, 0) is 11.2 Å². The smallest absolute Gasteiger partial charge is 0.225 e. The summed E-state index contributed by atoms with van der Waals surface area (Å²) in [7, 11) is 0. The van der Waals surface area contributed by atoms with E-state index in [0.29, 0.717) is 5.56 Å². The standard InChI is InChI=1S/C16H11BrF5NO/c1-7(8-2-4-9(17)5-3-8)23-11(24)6-10-12(18)14(20)16(22)15(21)13(10)19/h2-5,7H,6H2,1H3,(H,23,24). The predicted octanol–water partition coefficient (Wildman–Crippen LogP) is 4.56. The third kappa shape index (κ3) is 3.75. The Morgan fingerprint density at radius 1 is 0.958 bits per heavy atom. The lowest BCUT2D eigenvalue weighted by molar-refractivity contribution is -0.121. The van der Waals surface area contributed by atoms with Crippen molar-refractivity contribution >= 4 is 21.8 Å². The van der Waals surface area contributed by atoms with Crippen molar-refractivity contribution in [2.24, 2.45) is 0 Å². The van der Waals surface area contributed by atoms with E-state index in [-0.39, 0.29) is 0 Å². The number of carbonyl (C=O) groups is 1. The largest absolute Gasteiger partial charge is 0.349 e. The van der Waals surface area contributed by atoms with Gasteiger partial charge in [0.25, 0.3) is 0 Å². The molecule has 1 N–H and O–H groups in total. The molecule has 0 radical (unpaired) electrons. The number of amides is 1. The van der Waals surface area contributed by atoms with E-state index in [2.05, 4.69) is 21.2 Å². The molecule has 0 bridgehead atoms. The highest BCUT2D eigenvalue weighted by molar-refractivity contribution is 9.10. The first-order valence-corrected chi connectivity index (χ1v) is 7.56. The van der Waals surface area contributed by atoms with E-state index in [4.69, 9.17) is 0 Å². The third-order valence-corrected chi connectivity index (χ3v) is 3.91. The number of nitrogens with one attached hydrogen (secondary N) is 1. The van der Waals surface area contributed by atoms with Crippen LogP contribution in [0, 0.1) is 29.1 Å². The third-order valence-electron chi connectivity index (χ3n) is 3.39. The highest BCUT2D eigenvalue weighted by Gasteiger charge is 2.27. The summed E-state index contributed by atoms with van der Waals surface area (Å²) in [4.78, 5) is 11.9. The minimum atomic E-state index is -2.25. The summed E-state index contributed by atoms with van der Waals surface area (Å²) in [6, 6.07) is 6.40. The lowest BCUT2D eigenvalue weighted by Gasteiger charge is -2.15. The molecule has 0 aliphatic rings. The molecule has 0 spiro atoms. The van der Waals surface area contributed by atoms with Gasteiger partial charge in [-0.1, -0.05) is 28.1 Å². The van der Waals surface area contributed by atoms with Crippen LogP contribution in [0.1, 0.15) is 24.1 Å². The van der Waals surface area contributed by atoms with E-state index in [0.717, 1.165) is 4.47 Å². The maximum atomic E-state index is 13.6. The number of carbonyl (C=O) groups excluding carboxylic acids is 1. The topological polar surface area (TPSA) is 29.1 Å². The fourth-order valence-electron chi connectivity index (χ4n) is 2.09. The molecule has 0 fully saturated rings. The van der Waals surface area contributed by atoms with Crippen LogP contribution in [0.4, 0.5) is 22.0 Å². The number of benzene rings is 2. The van der Waals surface area contributed by atoms with Gasteiger partial charge >= 0.3 is 0 Å². The Bertz CT molecular complexity index is 750. The molecule has 1 amide bonds. The summed E-state index contributed by atoms with van der Waals surface area (Å²) in [6.07, 6.45) is -0.966. The quantitative estimate of drug-likeness (QED) is 0.449. The first-order chi connectivity index (χ1) is 11.2. The molecule has 0 saturated carbocycles. The van der Waals surface area contributed by atoms with Crippen molar-refractivity contribution in [1.82, 2.24) is 5.32 Å². The van der Waals surface area contributed by atoms with Crippen molar-refractivity contribution in [1.29, 1.82) is 0 Å². The first kappa shape index (κ1) is 18.4. The summed E-state index contributed by atoms with van der Waals surface area (Å²) >= 11 is 3.25. The maximum absolute atomic E-state index is 13.6. The van der Waals surface area contributed by atoms with Crippen molar-refractivity contribution < 1.29 is 26.7 Å². The SMILES string of the molecule is CC(NC(=O)Cc1c(F)c(F)c(F)c(F)c1F)c1ccc(Br)cc1. The first-order valence-electron chi connectivity index (χ1n) is 6.77. The summed E-state index contributed by atoms with van der Waals surface area (Å²) in [5.74, 6) is -11.3. The van der Waals surface area contributed by atoms with Crippen LogP contribution in [0.25, 0.3) is 0 Å². The van der Waals surface area contributed by atoms with Crippen molar-refractivity contribution in [2.45, 2.75) is 19.4 Å². The molecular weight excluding hydrogens is 397 g/mol. The molecule has 0 heterocycles. The van der Waals surface area contributed by atoms with E-state index in [1.165, 1.54) is 0 Å². The van der Waals surface area contributed by atoms with Gasteiger partial charge in [-0.25, -0.2) is 22.0 Å². The Kier molecular flexibility index (Phi) is 5.58. The Labute approximate surface area is 142 Å². The van der Waals surface area contributed by atoms with Crippen LogP contribution in [0.5, 0.6) is 0 Å². The van der Waals surface area contributed by atoms with Gasteiger partial charge in [0.1, 0.15) is 0 Å². The molecule has 2 nitrogen and oxygen atoms in total. The molecule has 8 heteroatoms. The summed E-state index contributed by atoms with van der Waals surface area (Å²) in [5, 5.41) is 2.45. The lowest BCUT2D eigenvalue weighted by atomic mass is 10.1. The molecule has 0 aromatic heterocycles. The summed E-state index contributed by atoms with van der Waals surface area (Å²) < 4.78 is 67.2. The van der Waals surface area contributed by atoms with Crippen LogP contribution < -0.4 is 5.32 Å². The van der Waals surface area contributed by atoms with Crippen LogP contribution in [0.15, 0.2) is 28.7 Å². The fourth-order valence-corrected chi connectivity index (χ4v) is 2.36. The number of hydrogen-bond donors (Lipinski definition) is 1. The van der Waals surface area contributed by atoms with Crippen molar-refractivity contribution in [3.8, 4) is 0 Å². The van der Waals surface area contributed by atoms with Crippen molar-refractivity contribution in [3.05, 3.63) is 69.0 Å². The second-order valence-corrected chi connectivity index (χ2v) is 5.98. The Balaban J connectivity index is 2.17. The van der Waals surface area contributed by atoms with E-state index in [1.54, 1.807) is 31.2 Å². The zero-order valence-electron chi connectivity index (χ0n) is 12.3. The molecule has 2 aromatic rings. The summed E-state index contributed by atoms with van der Waals surface area (Å²) in [5.41, 5.74) is -0.448. The fraction of sp³-hybridized carbons (Fsp3) is 0.188. The molecule has 0 aliphatic carbocycles. The molecule has 0 aliphatic heterocycles. The Hall–Kier alpha value is -1.96. The molecule has 2 rings (SSSR count). The van der Waals surface area contributed by atoms with E-state index < -0.39 is 53.0 Å². The average molecular weight is 408 g/mol. The number of halogens is 6. The van der Waals surface area contributed by atoms with Gasteiger partial charge in [-0.2, -0.15) is 0 Å². The molecular formula is C16H11BrF5NO. The van der Waals surface area contributed by atoms with Crippen LogP contribution in [0.3, 0.4) is 0 Å². The predicted molar refractivity (Wildman–Crippen MR) is 80.6 cm³/mol. The molecule has 1 unspecified atom stereocenters. The van der Waals surface area contributed by atoms with E-state index in [9.17, 15) is 26.7 Å². The highest BCUT2D eigenvalue weighted by Crippen LogP contribution is 2.24. The van der Waals surface area contributed by atoms with Crippen molar-refractivity contribution in [2.75, 3.05) is 0 Å². The van der Waals surface area contributed by atoms with E-state index in [1.807, 2.05) is 0 Å². The van der Waals surface area contributed by atoms with E-state index >= 15 is 0 Å². The van der Waals surface area contributed by atoms with Gasteiger partial charge in [0, 0.05) is 10.0 Å². The van der Waals surface area contributed by atoms with Crippen LogP contribution in [-0.4, -0.2) is 5.91 Å². The normalized spacial score (nSPS) is 12.1. The second-order valence-electron chi connectivity index (χ2n) is 5.07. The minimum Gasteiger partial charge on any atom is -0.349 e. The average Bonchev–Trinajstić information content (AvgIpc) is 2.55. The zero-order valence-corrected chi connectivity index (χ0v) is 13.9. The van der Waals surface area contributed by atoms with Gasteiger partial charge in [-0.05, 0) is 24.6 Å². The Morgan fingerprint density at radius 2 is 1.42 bits per heavy atom. The molecule has 24 heavy (non-hydrogen) atoms. The Morgan fingerprint density at radius 3 is 1.92 bits per heavy atom. The van der Waals surface area contributed by atoms with Gasteiger partial charge < -0.3 is 5.32 Å². The van der Waals surface area contributed by atoms with Crippen LogP contribution in [0.2, 0.25) is 0 Å². The number of rotatable bonds is 4. The van der Waals surface area contributed by atoms with Gasteiger partial charge in [-0.15, -0.1) is 0 Å². The van der Waals surface area contributed by atoms with Gasteiger partial charge in [0.15, 0.2) is 23.3 Å². The summed E-state index contributed by atoms with van der Waals surface area (Å²) in [6.45, 7) is 1.62. The molecule has 0 saturated heterocycles.